The Hall–Kier alpha value is -1.99. The van der Waals surface area contributed by atoms with Gasteiger partial charge in [-0.3, -0.25) is 0 Å². The zero-order chi connectivity index (χ0) is 25.9. The maximum Gasteiger partial charge on any atom is 1.00 e. The third-order valence-corrected chi connectivity index (χ3v) is 7.39. The fourth-order valence-electron chi connectivity index (χ4n) is 3.99. The minimum absolute atomic E-state index is 0. The van der Waals surface area contributed by atoms with Gasteiger partial charge in [0.25, 0.3) is 0 Å². The summed E-state index contributed by atoms with van der Waals surface area (Å²) in [5, 5.41) is 11.3. The molecule has 3 aromatic carbocycles. The van der Waals surface area contributed by atoms with Crippen molar-refractivity contribution in [2.45, 2.75) is 42.7 Å². The van der Waals surface area contributed by atoms with Gasteiger partial charge in [-0.2, -0.15) is 13.2 Å². The van der Waals surface area contributed by atoms with Crippen LogP contribution in [0.15, 0.2) is 53.4 Å². The van der Waals surface area contributed by atoms with Gasteiger partial charge in [0.1, 0.15) is 19.0 Å². The molecule has 0 radical (unpaired) electrons. The second kappa shape index (κ2) is 13.9. The summed E-state index contributed by atoms with van der Waals surface area (Å²) in [6.45, 7) is -0.465. The number of carbonyl (C=O) groups is 1. The van der Waals surface area contributed by atoms with Crippen molar-refractivity contribution in [3.8, 4) is 11.5 Å². The first kappa shape index (κ1) is 32.2. The maximum atomic E-state index is 12.7. The van der Waals surface area contributed by atoms with E-state index in [-0.39, 0.29) is 36.7 Å². The Morgan fingerprint density at radius 2 is 1.58 bits per heavy atom. The fourth-order valence-corrected chi connectivity index (χ4v) is 5.68. The normalized spacial score (nSPS) is 12.2. The van der Waals surface area contributed by atoms with E-state index in [0.717, 1.165) is 53.0 Å². The van der Waals surface area contributed by atoms with Crippen LogP contribution in [0.1, 0.15) is 34.2 Å². The molecule has 1 aliphatic carbocycles. The van der Waals surface area contributed by atoms with Crippen LogP contribution in [0.4, 0.5) is 13.2 Å². The smallest absolute Gasteiger partial charge is 0.546 e. The van der Waals surface area contributed by atoms with Gasteiger partial charge in [0.2, 0.25) is 0 Å². The summed E-state index contributed by atoms with van der Waals surface area (Å²) in [5.74, 6) is 0.171. The Kier molecular flexibility index (Phi) is 11.8. The van der Waals surface area contributed by atoms with E-state index in [1.54, 1.807) is 30.0 Å². The van der Waals surface area contributed by atoms with Gasteiger partial charge in [0.15, 0.2) is 5.75 Å². The fraction of sp³-hybridized carbons (Fsp3) is 0.269. The molecular weight excluding hydrogens is 559 g/mol. The number of thioether (sulfide) groups is 1. The summed E-state index contributed by atoms with van der Waals surface area (Å²) in [6.07, 6.45) is -1.71. The standard InChI is InChI=1S/C26H21Cl2F3O4S.Li.H2O/c27-20-10-16(11-21(28)25(20)35-12-15-4-6-17(7-5-15)26(29,30)31)14-36-23-9-8-22(34-13-24(32)33)18-2-1-3-19(18)23;;/h4-11H,1-3,12-14H2,(H,32,33);;1H2/q;+1;/p-1. The molecule has 0 amide bonds. The second-order valence-corrected chi connectivity index (χ2v) is 10.0. The molecule has 2 N–H and O–H groups in total. The van der Waals surface area contributed by atoms with Crippen molar-refractivity contribution in [1.29, 1.82) is 0 Å². The number of halogens is 5. The van der Waals surface area contributed by atoms with Crippen LogP contribution in [-0.2, 0) is 36.2 Å². The van der Waals surface area contributed by atoms with Crippen molar-refractivity contribution in [3.05, 3.63) is 86.4 Å². The Morgan fingerprint density at radius 1 is 0.947 bits per heavy atom. The molecule has 0 fully saturated rings. The number of ether oxygens (including phenoxy) is 2. The number of fused-ring (bicyclic) bond motifs is 1. The molecule has 0 bridgehead atoms. The van der Waals surface area contributed by atoms with Crippen LogP contribution in [0.25, 0.3) is 0 Å². The van der Waals surface area contributed by atoms with Crippen LogP contribution in [-0.4, -0.2) is 18.1 Å². The molecule has 0 spiro atoms. The van der Waals surface area contributed by atoms with E-state index >= 15 is 0 Å². The number of carbonyl (C=O) groups excluding carboxylic acids is 1. The number of alkyl halides is 3. The molecule has 5 nitrogen and oxygen atoms in total. The number of benzene rings is 3. The predicted octanol–water partition coefficient (Wildman–Crippen LogP) is 2.68. The van der Waals surface area contributed by atoms with Gasteiger partial charge in [-0.1, -0.05) is 35.3 Å². The van der Waals surface area contributed by atoms with E-state index in [9.17, 15) is 23.1 Å². The summed E-state index contributed by atoms with van der Waals surface area (Å²) in [4.78, 5) is 11.8. The van der Waals surface area contributed by atoms with Crippen LogP contribution < -0.4 is 33.4 Å². The third-order valence-electron chi connectivity index (χ3n) is 5.66. The monoisotopic (exact) mass is 580 g/mol. The Morgan fingerprint density at radius 3 is 2.18 bits per heavy atom. The van der Waals surface area contributed by atoms with E-state index in [4.69, 9.17) is 32.7 Å². The molecule has 198 valence electrons. The van der Waals surface area contributed by atoms with Gasteiger partial charge < -0.3 is 24.9 Å². The number of carboxylic acids is 1. The molecule has 4 rings (SSSR count). The maximum absolute atomic E-state index is 12.7. The van der Waals surface area contributed by atoms with Crippen molar-refractivity contribution < 1.29 is 56.9 Å². The first-order valence-electron chi connectivity index (χ1n) is 11.0. The zero-order valence-electron chi connectivity index (χ0n) is 20.3. The van der Waals surface area contributed by atoms with Crippen LogP contribution in [0, 0.1) is 0 Å². The van der Waals surface area contributed by atoms with Crippen molar-refractivity contribution in [2.75, 3.05) is 6.61 Å². The molecule has 3 aromatic rings. The van der Waals surface area contributed by atoms with Gasteiger partial charge >= 0.3 is 25.0 Å². The number of aliphatic carboxylic acids is 1. The predicted molar refractivity (Wildman–Crippen MR) is 134 cm³/mol. The van der Waals surface area contributed by atoms with Crippen LogP contribution in [0.2, 0.25) is 10.0 Å². The minimum Gasteiger partial charge on any atom is -0.546 e. The van der Waals surface area contributed by atoms with Gasteiger partial charge in [-0.15, -0.1) is 11.8 Å². The molecular formula is C26H22Cl2F3LiO5S. The molecule has 1 aliphatic rings. The van der Waals surface area contributed by atoms with E-state index in [2.05, 4.69) is 0 Å². The molecule has 0 atom stereocenters. The minimum atomic E-state index is -4.40. The van der Waals surface area contributed by atoms with Crippen LogP contribution in [0.5, 0.6) is 11.5 Å². The number of carboxylic acid groups (broad SMARTS) is 1. The van der Waals surface area contributed by atoms with E-state index in [1.165, 1.54) is 12.1 Å². The van der Waals surface area contributed by atoms with Gasteiger partial charge in [0, 0.05) is 10.6 Å². The van der Waals surface area contributed by atoms with Crippen molar-refractivity contribution >= 4 is 40.9 Å². The Bertz CT molecular complexity index is 1250. The van der Waals surface area contributed by atoms with E-state index < -0.39 is 24.3 Å². The summed E-state index contributed by atoms with van der Waals surface area (Å²) in [5.41, 5.74) is 2.89. The largest absolute Gasteiger partial charge is 1.00 e. The zero-order valence-corrected chi connectivity index (χ0v) is 22.6. The van der Waals surface area contributed by atoms with Gasteiger partial charge in [0.05, 0.1) is 21.6 Å². The Balaban J connectivity index is 0.00000253. The van der Waals surface area contributed by atoms with Crippen LogP contribution in [0.3, 0.4) is 0 Å². The molecule has 38 heavy (non-hydrogen) atoms. The molecule has 0 aromatic heterocycles. The van der Waals surface area contributed by atoms with Gasteiger partial charge in [-0.05, 0) is 77.9 Å². The third kappa shape index (κ3) is 8.01. The topological polar surface area (TPSA) is 90.1 Å². The number of hydrogen-bond acceptors (Lipinski definition) is 5. The first-order chi connectivity index (χ1) is 17.1. The average molecular weight is 581 g/mol. The first-order valence-corrected chi connectivity index (χ1v) is 12.7. The number of hydrogen-bond donors (Lipinski definition) is 0. The van der Waals surface area contributed by atoms with Crippen molar-refractivity contribution in [3.63, 3.8) is 0 Å². The SMILES string of the molecule is O.O=C([O-])COc1ccc(SCc2cc(Cl)c(OCc3ccc(C(F)(F)F)cc3)c(Cl)c2)c2c1CCC2.[Li+]. The van der Waals surface area contributed by atoms with Gasteiger partial charge in [-0.25, -0.2) is 0 Å². The second-order valence-electron chi connectivity index (χ2n) is 8.19. The molecule has 0 aliphatic heterocycles. The van der Waals surface area contributed by atoms with Crippen molar-refractivity contribution in [2.24, 2.45) is 0 Å². The molecule has 0 saturated carbocycles. The molecule has 0 unspecified atom stereocenters. The quantitative estimate of drug-likeness (QED) is 0.287. The number of rotatable bonds is 9. The summed E-state index contributed by atoms with van der Waals surface area (Å²) < 4.78 is 49.3. The average Bonchev–Trinajstić information content (AvgIpc) is 3.31. The summed E-state index contributed by atoms with van der Waals surface area (Å²) in [7, 11) is 0. The van der Waals surface area contributed by atoms with Crippen molar-refractivity contribution in [1.82, 2.24) is 0 Å². The summed E-state index contributed by atoms with van der Waals surface area (Å²) in [6, 6.07) is 11.9. The Labute approximate surface area is 244 Å². The van der Waals surface area contributed by atoms with E-state index in [0.29, 0.717) is 27.1 Å². The van der Waals surface area contributed by atoms with E-state index in [1.807, 2.05) is 6.07 Å². The molecule has 12 heteroatoms. The molecule has 0 heterocycles. The molecule has 0 saturated heterocycles. The summed E-state index contributed by atoms with van der Waals surface area (Å²) >= 11 is 14.4. The van der Waals surface area contributed by atoms with Crippen LogP contribution >= 0.6 is 35.0 Å².